The van der Waals surface area contributed by atoms with Gasteiger partial charge in [-0.05, 0) is 36.6 Å². The molecule has 3 aliphatic heterocycles. The summed E-state index contributed by atoms with van der Waals surface area (Å²) in [5.41, 5.74) is 6.00. The number of ether oxygens (including phenoxy) is 1. The highest BCUT2D eigenvalue weighted by Crippen LogP contribution is 2.49. The summed E-state index contributed by atoms with van der Waals surface area (Å²) < 4.78 is 5.13. The molecule has 2 saturated heterocycles. The Hall–Kier alpha value is -3.60. The maximum absolute atomic E-state index is 13.2. The van der Waals surface area contributed by atoms with E-state index in [9.17, 15) is 29.3 Å². The summed E-state index contributed by atoms with van der Waals surface area (Å²) in [4.78, 5) is 64.1. The van der Waals surface area contributed by atoms with Gasteiger partial charge in [-0.25, -0.2) is 9.59 Å². The van der Waals surface area contributed by atoms with Gasteiger partial charge in [-0.1, -0.05) is 20.8 Å². The van der Waals surface area contributed by atoms with E-state index < -0.39 is 16.9 Å². The van der Waals surface area contributed by atoms with Gasteiger partial charge >= 0.3 is 11.9 Å². The van der Waals surface area contributed by atoms with Crippen LogP contribution in [-0.2, 0) is 19.1 Å². The van der Waals surface area contributed by atoms with Crippen molar-refractivity contribution in [1.82, 2.24) is 9.80 Å². The lowest BCUT2D eigenvalue weighted by molar-refractivity contribution is -0.384. The number of nitro benzene ring substituents is 1. The fourth-order valence-electron chi connectivity index (χ4n) is 5.39. The number of benzene rings is 1. The molecule has 0 unspecified atom stereocenters. The number of hydrogen-bond donors (Lipinski definition) is 1. The molecule has 0 spiro atoms. The molecule has 11 heteroatoms. The van der Waals surface area contributed by atoms with Crippen molar-refractivity contribution >= 4 is 29.4 Å². The second-order valence-electron chi connectivity index (χ2n) is 9.74. The van der Waals surface area contributed by atoms with E-state index in [1.807, 2.05) is 25.7 Å². The molecule has 1 aromatic carbocycles. The number of primary amides is 1. The average Bonchev–Trinajstić information content (AvgIpc) is 3.36. The van der Waals surface area contributed by atoms with Crippen LogP contribution < -0.4 is 5.73 Å². The Labute approximate surface area is 202 Å². The van der Waals surface area contributed by atoms with E-state index in [1.54, 1.807) is 0 Å². The van der Waals surface area contributed by atoms with Gasteiger partial charge in [0.05, 0.1) is 28.4 Å². The number of fused-ring (bicyclic) bond motifs is 1. The van der Waals surface area contributed by atoms with E-state index in [-0.39, 0.29) is 58.5 Å². The number of non-ortho nitro benzene ring substituents is 1. The molecule has 3 heterocycles. The molecule has 0 saturated carbocycles. The van der Waals surface area contributed by atoms with Crippen LogP contribution in [0.5, 0.6) is 0 Å². The molecule has 1 aromatic rings. The van der Waals surface area contributed by atoms with Crippen LogP contribution in [0.1, 0.15) is 37.6 Å². The summed E-state index contributed by atoms with van der Waals surface area (Å²) in [7, 11) is 0. The number of carbonyl (C=O) groups is 4. The van der Waals surface area contributed by atoms with Crippen LogP contribution in [0.25, 0.3) is 0 Å². The number of likely N-dealkylation sites (tertiary alicyclic amines) is 1. The summed E-state index contributed by atoms with van der Waals surface area (Å²) in [6.45, 7) is 7.31. The first-order valence-electron chi connectivity index (χ1n) is 11.6. The number of hydrogen-bond acceptors (Lipinski definition) is 8. The maximum atomic E-state index is 13.2. The van der Waals surface area contributed by atoms with Crippen molar-refractivity contribution in [3.8, 4) is 0 Å². The summed E-state index contributed by atoms with van der Waals surface area (Å²) in [6, 6.07) is 4.51. The fraction of sp³-hybridized carbons (Fsp3) is 0.500. The number of nitro groups is 1. The minimum atomic E-state index is -0.962. The second kappa shape index (κ2) is 9.21. The zero-order valence-electron chi connectivity index (χ0n) is 19.8. The highest BCUT2D eigenvalue weighted by molar-refractivity contribution is 6.06. The third-order valence-electron chi connectivity index (χ3n) is 7.28. The van der Waals surface area contributed by atoms with Crippen LogP contribution >= 0.6 is 0 Å². The molecular formula is C24H28N4O7. The molecule has 0 aromatic heterocycles. The monoisotopic (exact) mass is 484 g/mol. The number of rotatable bonds is 7. The molecule has 4 atom stereocenters. The lowest BCUT2D eigenvalue weighted by Gasteiger charge is -2.47. The van der Waals surface area contributed by atoms with Gasteiger partial charge < -0.3 is 15.4 Å². The molecule has 11 nitrogen and oxygen atoms in total. The second-order valence-corrected chi connectivity index (χ2v) is 9.74. The van der Waals surface area contributed by atoms with E-state index in [1.165, 1.54) is 17.0 Å². The van der Waals surface area contributed by atoms with Crippen LogP contribution in [0.4, 0.5) is 5.69 Å². The van der Waals surface area contributed by atoms with Crippen molar-refractivity contribution in [2.45, 2.75) is 33.2 Å². The van der Waals surface area contributed by atoms with Gasteiger partial charge in [0.1, 0.15) is 5.70 Å². The first-order valence-corrected chi connectivity index (χ1v) is 11.6. The molecule has 186 valence electrons. The minimum absolute atomic E-state index is 0.0208. The van der Waals surface area contributed by atoms with Crippen molar-refractivity contribution in [3.05, 3.63) is 51.2 Å². The van der Waals surface area contributed by atoms with Crippen molar-refractivity contribution in [1.29, 1.82) is 0 Å². The van der Waals surface area contributed by atoms with Gasteiger partial charge in [-0.3, -0.25) is 24.6 Å². The average molecular weight is 485 g/mol. The Morgan fingerprint density at radius 2 is 1.86 bits per heavy atom. The molecule has 0 radical (unpaired) electrons. The number of esters is 2. The maximum Gasteiger partial charge on any atom is 0.362 e. The van der Waals surface area contributed by atoms with Crippen LogP contribution in [-0.4, -0.2) is 64.2 Å². The van der Waals surface area contributed by atoms with Crippen molar-refractivity contribution in [2.24, 2.45) is 29.4 Å². The van der Waals surface area contributed by atoms with Gasteiger partial charge in [-0.2, -0.15) is 0 Å². The van der Waals surface area contributed by atoms with E-state index in [0.29, 0.717) is 31.6 Å². The molecule has 2 fully saturated rings. The first kappa shape index (κ1) is 24.5. The van der Waals surface area contributed by atoms with Gasteiger partial charge in [0.25, 0.3) is 5.69 Å². The zero-order valence-corrected chi connectivity index (χ0v) is 19.8. The third-order valence-corrected chi connectivity index (χ3v) is 7.28. The lowest BCUT2D eigenvalue weighted by Crippen LogP contribution is -2.62. The third kappa shape index (κ3) is 4.31. The highest BCUT2D eigenvalue weighted by atomic mass is 16.6. The van der Waals surface area contributed by atoms with Crippen LogP contribution in [0, 0.1) is 33.8 Å². The summed E-state index contributed by atoms with van der Waals surface area (Å²) >= 11 is 0. The first-order chi connectivity index (χ1) is 16.5. The Bertz CT molecular complexity index is 1130. The van der Waals surface area contributed by atoms with Gasteiger partial charge in [-0.15, -0.1) is 0 Å². The van der Waals surface area contributed by atoms with Crippen molar-refractivity contribution in [2.75, 3.05) is 19.6 Å². The molecule has 3 aliphatic rings. The van der Waals surface area contributed by atoms with E-state index in [0.717, 1.165) is 12.1 Å². The lowest BCUT2D eigenvalue weighted by atomic mass is 9.74. The molecule has 2 amide bonds. The van der Waals surface area contributed by atoms with E-state index in [2.05, 4.69) is 0 Å². The van der Waals surface area contributed by atoms with Crippen molar-refractivity contribution in [3.63, 3.8) is 0 Å². The highest BCUT2D eigenvalue weighted by Gasteiger charge is 2.59. The minimum Gasteiger partial charge on any atom is -0.385 e. The SMILES string of the molecule is CC(C)[C@H]1C(=O)N2C(C(=O)OC(=O)c3ccc([N+](=O)[O-])cc3)=C(CN3CC[C@H](C(N)=O)C3)[C@H](C)[C@H]12. The molecular weight excluding hydrogens is 456 g/mol. The van der Waals surface area contributed by atoms with E-state index in [4.69, 9.17) is 10.5 Å². The predicted octanol–water partition coefficient (Wildman–Crippen LogP) is 1.47. The van der Waals surface area contributed by atoms with Gasteiger partial charge in [0, 0.05) is 31.1 Å². The largest absolute Gasteiger partial charge is 0.385 e. The number of carbonyl (C=O) groups excluding carboxylic acids is 4. The zero-order chi connectivity index (χ0) is 25.6. The Balaban J connectivity index is 1.59. The predicted molar refractivity (Wildman–Crippen MR) is 122 cm³/mol. The smallest absolute Gasteiger partial charge is 0.362 e. The standard InChI is InChI=1S/C24H28N4O7/c1-12(2)18-19-13(3)17(11-26-9-8-15(10-26)21(25)29)20(27(19)22(18)30)24(32)35-23(31)14-4-6-16(7-5-14)28(33)34/h4-7,12-13,15,18-19H,8-11H2,1-3H3,(H2,25,29)/t13-,15-,18+,19+/m0/s1. The fourth-order valence-corrected chi connectivity index (χ4v) is 5.39. The van der Waals surface area contributed by atoms with E-state index >= 15 is 0 Å². The summed E-state index contributed by atoms with van der Waals surface area (Å²) in [5.74, 6) is -3.01. The topological polar surface area (TPSA) is 153 Å². The molecule has 35 heavy (non-hydrogen) atoms. The summed E-state index contributed by atoms with van der Waals surface area (Å²) in [6.07, 6.45) is 0.621. The number of nitrogens with two attached hydrogens (primary N) is 1. The van der Waals surface area contributed by atoms with Crippen LogP contribution in [0.15, 0.2) is 35.5 Å². The Morgan fingerprint density at radius 3 is 2.40 bits per heavy atom. The Kier molecular flexibility index (Phi) is 6.46. The summed E-state index contributed by atoms with van der Waals surface area (Å²) in [5, 5.41) is 10.8. The number of nitrogens with zero attached hydrogens (tertiary/aromatic N) is 3. The number of β-lactam (4-membered cyclic amide) rings is 1. The normalized spacial score (nSPS) is 26.1. The molecule has 0 bridgehead atoms. The van der Waals surface area contributed by atoms with Gasteiger partial charge in [0.2, 0.25) is 11.8 Å². The van der Waals surface area contributed by atoms with Crippen molar-refractivity contribution < 1.29 is 28.8 Å². The molecule has 0 aliphatic carbocycles. The Morgan fingerprint density at radius 1 is 1.20 bits per heavy atom. The van der Waals surface area contributed by atoms with Gasteiger partial charge in [0.15, 0.2) is 0 Å². The molecule has 4 rings (SSSR count). The van der Waals surface area contributed by atoms with Crippen LogP contribution in [0.3, 0.4) is 0 Å². The molecule has 2 N–H and O–H groups in total. The number of amides is 2. The van der Waals surface area contributed by atoms with Crippen LogP contribution in [0.2, 0.25) is 0 Å². The quantitative estimate of drug-likeness (QED) is 0.201.